The van der Waals surface area contributed by atoms with E-state index in [2.05, 4.69) is 10.6 Å². The molecule has 0 aliphatic carbocycles. The molecule has 4 N–H and O–H groups in total. The van der Waals surface area contributed by atoms with E-state index < -0.39 is 0 Å². The molecule has 17 heavy (non-hydrogen) atoms. The lowest BCUT2D eigenvalue weighted by Gasteiger charge is -2.15. The van der Waals surface area contributed by atoms with E-state index in [0.29, 0.717) is 23.6 Å². The van der Waals surface area contributed by atoms with Crippen LogP contribution < -0.4 is 16.4 Å². The maximum atomic E-state index is 11.1. The first-order valence-corrected chi connectivity index (χ1v) is 5.97. The molecule has 1 aromatic carbocycles. The van der Waals surface area contributed by atoms with Crippen molar-refractivity contribution in [2.75, 3.05) is 11.9 Å². The number of carbonyl (C=O) groups is 1. The maximum Gasteiger partial charge on any atom is 0.222 e. The Morgan fingerprint density at radius 3 is 2.94 bits per heavy atom. The van der Waals surface area contributed by atoms with Gasteiger partial charge in [-0.15, -0.1) is 0 Å². The number of thiocarbonyl (C=S) groups is 1. The van der Waals surface area contributed by atoms with E-state index >= 15 is 0 Å². The highest BCUT2D eigenvalue weighted by molar-refractivity contribution is 7.80. The molecular weight excluding hydrogens is 258 g/mol. The molecule has 0 spiro atoms. The summed E-state index contributed by atoms with van der Waals surface area (Å²) in [5.74, 6) is 0.0494. The van der Waals surface area contributed by atoms with Gasteiger partial charge in [0.25, 0.3) is 0 Å². The number of nitrogens with two attached hydrogens (primary N) is 1. The first-order chi connectivity index (χ1) is 8.06. The van der Waals surface area contributed by atoms with Crippen molar-refractivity contribution in [2.24, 2.45) is 5.73 Å². The zero-order valence-corrected chi connectivity index (χ0v) is 10.6. The number of benzene rings is 1. The van der Waals surface area contributed by atoms with Crippen LogP contribution in [0.2, 0.25) is 5.02 Å². The van der Waals surface area contributed by atoms with Gasteiger partial charge in [-0.2, -0.15) is 0 Å². The van der Waals surface area contributed by atoms with Crippen LogP contribution in [0.25, 0.3) is 0 Å². The van der Waals surface area contributed by atoms with Crippen LogP contribution in [0.3, 0.4) is 0 Å². The molecule has 0 bridgehead atoms. The molecule has 1 unspecified atom stereocenters. The number of anilines is 1. The number of halogens is 1. The van der Waals surface area contributed by atoms with E-state index in [9.17, 15) is 4.79 Å². The second kappa shape index (κ2) is 4.89. The second-order valence-corrected chi connectivity index (χ2v) is 4.78. The van der Waals surface area contributed by atoms with E-state index in [1.807, 2.05) is 6.07 Å². The average Bonchev–Trinajstić information content (AvgIpc) is 2.66. The molecule has 0 radical (unpaired) electrons. The molecule has 1 aromatic rings. The van der Waals surface area contributed by atoms with E-state index in [4.69, 9.17) is 29.6 Å². The second-order valence-electron chi connectivity index (χ2n) is 3.90. The van der Waals surface area contributed by atoms with Crippen molar-refractivity contribution in [1.29, 1.82) is 0 Å². The van der Waals surface area contributed by atoms with Crippen molar-refractivity contribution in [3.05, 3.63) is 28.8 Å². The van der Waals surface area contributed by atoms with Crippen LogP contribution in [0.5, 0.6) is 0 Å². The normalized spacial score (nSPS) is 18.9. The molecule has 1 aliphatic heterocycles. The molecule has 1 heterocycles. The van der Waals surface area contributed by atoms with Crippen LogP contribution in [-0.4, -0.2) is 23.5 Å². The summed E-state index contributed by atoms with van der Waals surface area (Å²) in [6.45, 7) is 0.609. The van der Waals surface area contributed by atoms with Gasteiger partial charge < -0.3 is 16.4 Å². The predicted octanol–water partition coefficient (Wildman–Crippen LogP) is 1.27. The standard InChI is InChI=1S/C11H12ClN3OS/c12-6-1-2-9(8(3-6)11(13)17)15-7-4-10(16)14-5-7/h1-3,7,15H,4-5H2,(H2,13,17)(H,14,16). The Labute approximate surface area is 110 Å². The Morgan fingerprint density at radius 2 is 2.35 bits per heavy atom. The van der Waals surface area contributed by atoms with Gasteiger partial charge in [0.1, 0.15) is 4.99 Å². The lowest BCUT2D eigenvalue weighted by molar-refractivity contribution is -0.119. The molecule has 6 heteroatoms. The number of hydrogen-bond acceptors (Lipinski definition) is 3. The van der Waals surface area contributed by atoms with Crippen molar-refractivity contribution in [1.82, 2.24) is 5.32 Å². The minimum atomic E-state index is 0.0494. The van der Waals surface area contributed by atoms with Gasteiger partial charge in [0.2, 0.25) is 5.91 Å². The molecule has 0 saturated carbocycles. The Morgan fingerprint density at radius 1 is 1.59 bits per heavy atom. The van der Waals surface area contributed by atoms with E-state index in [-0.39, 0.29) is 16.9 Å². The summed E-state index contributed by atoms with van der Waals surface area (Å²) >= 11 is 10.9. The fourth-order valence-corrected chi connectivity index (χ4v) is 2.11. The van der Waals surface area contributed by atoms with Gasteiger partial charge in [-0.1, -0.05) is 23.8 Å². The Hall–Kier alpha value is -1.33. The molecular formula is C11H12ClN3OS. The van der Waals surface area contributed by atoms with Gasteiger partial charge in [-0.05, 0) is 18.2 Å². The van der Waals surface area contributed by atoms with Crippen molar-refractivity contribution < 1.29 is 4.79 Å². The number of nitrogens with one attached hydrogen (secondary N) is 2. The summed E-state index contributed by atoms with van der Waals surface area (Å²) in [4.78, 5) is 11.4. The molecule has 90 valence electrons. The molecule has 1 atom stereocenters. The molecule has 1 saturated heterocycles. The SMILES string of the molecule is NC(=S)c1cc(Cl)ccc1NC1CNC(=O)C1. The van der Waals surface area contributed by atoms with Gasteiger partial charge >= 0.3 is 0 Å². The van der Waals surface area contributed by atoms with Crippen LogP contribution >= 0.6 is 23.8 Å². The minimum Gasteiger partial charge on any atom is -0.389 e. The Kier molecular flexibility index (Phi) is 3.49. The van der Waals surface area contributed by atoms with Crippen molar-refractivity contribution in [3.63, 3.8) is 0 Å². The maximum absolute atomic E-state index is 11.1. The van der Waals surface area contributed by atoms with E-state index in [1.54, 1.807) is 12.1 Å². The highest BCUT2D eigenvalue weighted by Crippen LogP contribution is 2.22. The predicted molar refractivity (Wildman–Crippen MR) is 72.4 cm³/mol. The minimum absolute atomic E-state index is 0.0494. The highest BCUT2D eigenvalue weighted by atomic mass is 35.5. The van der Waals surface area contributed by atoms with Gasteiger partial charge in [0.15, 0.2) is 0 Å². The van der Waals surface area contributed by atoms with E-state index in [0.717, 1.165) is 5.69 Å². The van der Waals surface area contributed by atoms with Gasteiger partial charge in [-0.3, -0.25) is 4.79 Å². The third-order valence-electron chi connectivity index (χ3n) is 2.58. The van der Waals surface area contributed by atoms with Crippen LogP contribution in [0.15, 0.2) is 18.2 Å². The monoisotopic (exact) mass is 269 g/mol. The van der Waals surface area contributed by atoms with Crippen molar-refractivity contribution in [2.45, 2.75) is 12.5 Å². The fraction of sp³-hybridized carbons (Fsp3) is 0.273. The number of carbonyl (C=O) groups excluding carboxylic acids is 1. The molecule has 4 nitrogen and oxygen atoms in total. The lowest BCUT2D eigenvalue weighted by Crippen LogP contribution is -2.24. The number of amides is 1. The van der Waals surface area contributed by atoms with Gasteiger partial charge in [0.05, 0.1) is 6.04 Å². The quantitative estimate of drug-likeness (QED) is 0.723. The highest BCUT2D eigenvalue weighted by Gasteiger charge is 2.22. The van der Waals surface area contributed by atoms with Gasteiger partial charge in [0, 0.05) is 29.2 Å². The van der Waals surface area contributed by atoms with Crippen molar-refractivity contribution in [3.8, 4) is 0 Å². The Bertz CT molecular complexity index is 478. The first-order valence-electron chi connectivity index (χ1n) is 5.19. The van der Waals surface area contributed by atoms with Crippen LogP contribution in [-0.2, 0) is 4.79 Å². The van der Waals surface area contributed by atoms with Crippen LogP contribution in [0.4, 0.5) is 5.69 Å². The molecule has 1 fully saturated rings. The summed E-state index contributed by atoms with van der Waals surface area (Å²) in [6.07, 6.45) is 0.458. The smallest absolute Gasteiger partial charge is 0.222 e. The zero-order chi connectivity index (χ0) is 12.4. The summed E-state index contributed by atoms with van der Waals surface area (Å²) in [5.41, 5.74) is 7.14. The van der Waals surface area contributed by atoms with E-state index in [1.165, 1.54) is 0 Å². The Balaban J connectivity index is 2.20. The molecule has 1 aliphatic rings. The topological polar surface area (TPSA) is 67.2 Å². The largest absolute Gasteiger partial charge is 0.389 e. The molecule has 2 rings (SSSR count). The van der Waals surface area contributed by atoms with Crippen LogP contribution in [0.1, 0.15) is 12.0 Å². The summed E-state index contributed by atoms with van der Waals surface area (Å²) in [7, 11) is 0. The third kappa shape index (κ3) is 2.87. The fourth-order valence-electron chi connectivity index (χ4n) is 1.77. The van der Waals surface area contributed by atoms with Crippen LogP contribution in [0, 0.1) is 0 Å². The zero-order valence-electron chi connectivity index (χ0n) is 9.00. The summed E-state index contributed by atoms with van der Waals surface area (Å²) in [6, 6.07) is 5.36. The first kappa shape index (κ1) is 12.1. The molecule has 0 aromatic heterocycles. The average molecular weight is 270 g/mol. The molecule has 1 amide bonds. The third-order valence-corrected chi connectivity index (χ3v) is 3.04. The summed E-state index contributed by atoms with van der Waals surface area (Å²) in [5, 5.41) is 6.58. The van der Waals surface area contributed by atoms with Crippen molar-refractivity contribution >= 4 is 40.4 Å². The van der Waals surface area contributed by atoms with Gasteiger partial charge in [-0.25, -0.2) is 0 Å². The number of hydrogen-bond donors (Lipinski definition) is 3. The summed E-state index contributed by atoms with van der Waals surface area (Å²) < 4.78 is 0. The lowest BCUT2D eigenvalue weighted by atomic mass is 10.1. The number of rotatable bonds is 3.